The number of benzene rings is 2. The first-order valence-electron chi connectivity index (χ1n) is 15.1. The summed E-state index contributed by atoms with van der Waals surface area (Å²) < 4.78 is 0. The van der Waals surface area contributed by atoms with Crippen LogP contribution in [0.1, 0.15) is 60.4 Å². The Morgan fingerprint density at radius 1 is 1.02 bits per heavy atom. The van der Waals surface area contributed by atoms with Crippen molar-refractivity contribution in [1.82, 2.24) is 20.0 Å². The number of nitrogens with zero attached hydrogens (tertiary/aromatic N) is 4. The van der Waals surface area contributed by atoms with Crippen LogP contribution in [0.2, 0.25) is 20.1 Å². The molecule has 9 nitrogen and oxygen atoms in total. The van der Waals surface area contributed by atoms with Crippen molar-refractivity contribution in [3.63, 3.8) is 0 Å². The van der Waals surface area contributed by atoms with Crippen molar-refractivity contribution in [2.24, 2.45) is 11.1 Å². The second kappa shape index (κ2) is 16.3. The molecule has 3 amide bonds. The molecule has 2 saturated heterocycles. The number of carbonyl (C=O) groups excluding carboxylic acids is 3. The predicted molar refractivity (Wildman–Crippen MR) is 179 cm³/mol. The third kappa shape index (κ3) is 9.26. The standard InChI is InChI=1S/C32H39Cl4N5O4/c1-37-30(42)17-21-4-3-10-41(32(21)44)25-7-11-40(12-8-25)13-9-26(20-5-6-27(35)28(36)16-20)29(38-45)19-39(2)31(43)22-14-23(33)18-24(34)15-22/h5-6,14-16,18,21,25-26,45H,3-4,7-13,17,19H2,1-2H3,(H,37,42)/b38-29+/t21-,26?/m1/s1. The maximum absolute atomic E-state index is 13.2. The van der Waals surface area contributed by atoms with Crippen molar-refractivity contribution in [2.45, 2.75) is 50.5 Å². The van der Waals surface area contributed by atoms with Gasteiger partial charge < -0.3 is 25.2 Å². The Balaban J connectivity index is 1.42. The molecular weight excluding hydrogens is 660 g/mol. The minimum Gasteiger partial charge on any atom is -0.411 e. The Bertz CT molecular complexity index is 1400. The van der Waals surface area contributed by atoms with Crippen LogP contribution in [0.5, 0.6) is 0 Å². The number of carbonyl (C=O) groups is 3. The molecule has 0 aliphatic carbocycles. The number of oxime groups is 1. The third-order valence-corrected chi connectivity index (χ3v) is 9.93. The van der Waals surface area contributed by atoms with Crippen molar-refractivity contribution in [2.75, 3.05) is 46.8 Å². The predicted octanol–water partition coefficient (Wildman–Crippen LogP) is 6.22. The van der Waals surface area contributed by atoms with E-state index in [2.05, 4.69) is 15.4 Å². The van der Waals surface area contributed by atoms with Gasteiger partial charge in [-0.05, 0) is 74.5 Å². The molecule has 4 rings (SSSR count). The largest absolute Gasteiger partial charge is 0.411 e. The molecule has 0 saturated carbocycles. The van der Waals surface area contributed by atoms with Crippen LogP contribution in [0.3, 0.4) is 0 Å². The highest BCUT2D eigenvalue weighted by Gasteiger charge is 2.36. The molecule has 2 atom stereocenters. The smallest absolute Gasteiger partial charge is 0.254 e. The van der Waals surface area contributed by atoms with Gasteiger partial charge in [0.2, 0.25) is 11.8 Å². The molecule has 2 aliphatic heterocycles. The van der Waals surface area contributed by atoms with E-state index in [4.69, 9.17) is 46.4 Å². The van der Waals surface area contributed by atoms with Crippen LogP contribution in [0.15, 0.2) is 41.6 Å². The molecule has 2 heterocycles. The SMILES string of the molecule is CNC(=O)C[C@H]1CCCN(C2CCN(CCC(/C(CN(C)C(=O)c3cc(Cl)cc(Cl)c3)=N/O)c3ccc(Cl)c(Cl)c3)CC2)C1=O. The first-order chi connectivity index (χ1) is 21.5. The number of amides is 3. The Kier molecular flexibility index (Phi) is 12.8. The summed E-state index contributed by atoms with van der Waals surface area (Å²) >= 11 is 24.8. The van der Waals surface area contributed by atoms with Crippen LogP contribution in [0.4, 0.5) is 0 Å². The quantitative estimate of drug-likeness (QED) is 0.165. The molecular formula is C32H39Cl4N5O4. The molecule has 0 aromatic heterocycles. The number of likely N-dealkylation sites (tertiary alicyclic amines) is 2. The number of nitrogens with one attached hydrogen (secondary N) is 1. The number of hydrogen-bond acceptors (Lipinski definition) is 6. The Hall–Kier alpha value is -2.56. The fourth-order valence-electron chi connectivity index (χ4n) is 6.30. The molecule has 45 heavy (non-hydrogen) atoms. The monoisotopic (exact) mass is 697 g/mol. The van der Waals surface area contributed by atoms with E-state index in [-0.39, 0.29) is 48.6 Å². The fourth-order valence-corrected chi connectivity index (χ4v) is 7.13. The van der Waals surface area contributed by atoms with Crippen LogP contribution in [0.25, 0.3) is 0 Å². The summed E-state index contributed by atoms with van der Waals surface area (Å²) in [7, 11) is 3.22. The van der Waals surface area contributed by atoms with Gasteiger partial charge in [-0.1, -0.05) is 57.6 Å². The average molecular weight is 700 g/mol. The minimum atomic E-state index is -0.352. The van der Waals surface area contributed by atoms with Gasteiger partial charge in [-0.25, -0.2) is 0 Å². The second-order valence-electron chi connectivity index (χ2n) is 11.7. The molecule has 2 aromatic rings. The van der Waals surface area contributed by atoms with Gasteiger partial charge >= 0.3 is 0 Å². The summed E-state index contributed by atoms with van der Waals surface area (Å²) in [6.07, 6.45) is 4.18. The Morgan fingerprint density at radius 3 is 2.33 bits per heavy atom. The van der Waals surface area contributed by atoms with Crippen molar-refractivity contribution < 1.29 is 19.6 Å². The molecule has 244 valence electrons. The highest BCUT2D eigenvalue weighted by atomic mass is 35.5. The zero-order valence-corrected chi connectivity index (χ0v) is 28.5. The van der Waals surface area contributed by atoms with Crippen molar-refractivity contribution in [3.05, 3.63) is 67.6 Å². The summed E-state index contributed by atoms with van der Waals surface area (Å²) in [4.78, 5) is 44.1. The third-order valence-electron chi connectivity index (χ3n) is 8.76. The minimum absolute atomic E-state index is 0.0563. The summed E-state index contributed by atoms with van der Waals surface area (Å²) in [6.45, 7) is 3.10. The van der Waals surface area contributed by atoms with E-state index >= 15 is 0 Å². The van der Waals surface area contributed by atoms with E-state index in [9.17, 15) is 19.6 Å². The van der Waals surface area contributed by atoms with Gasteiger partial charge in [0.15, 0.2) is 0 Å². The van der Waals surface area contributed by atoms with Gasteiger partial charge in [-0.3, -0.25) is 14.4 Å². The van der Waals surface area contributed by atoms with Crippen molar-refractivity contribution >= 4 is 69.8 Å². The maximum Gasteiger partial charge on any atom is 0.254 e. The summed E-state index contributed by atoms with van der Waals surface area (Å²) in [5.41, 5.74) is 1.54. The summed E-state index contributed by atoms with van der Waals surface area (Å²) in [5.74, 6) is -0.932. The summed E-state index contributed by atoms with van der Waals surface area (Å²) in [6, 6.07) is 10.1. The molecule has 2 N–H and O–H groups in total. The number of hydrogen-bond donors (Lipinski definition) is 2. The van der Waals surface area contributed by atoms with Crippen LogP contribution in [-0.4, -0.2) is 96.2 Å². The van der Waals surface area contributed by atoms with Gasteiger partial charge in [-0.15, -0.1) is 0 Å². The molecule has 1 unspecified atom stereocenters. The molecule has 2 aromatic carbocycles. The zero-order chi connectivity index (χ0) is 32.7. The Labute approximate surface area is 284 Å². The number of piperidine rings is 2. The Morgan fingerprint density at radius 2 is 1.71 bits per heavy atom. The lowest BCUT2D eigenvalue weighted by molar-refractivity contribution is -0.144. The van der Waals surface area contributed by atoms with Crippen LogP contribution in [0, 0.1) is 5.92 Å². The van der Waals surface area contributed by atoms with Gasteiger partial charge in [0.25, 0.3) is 5.91 Å². The first-order valence-corrected chi connectivity index (χ1v) is 16.6. The van der Waals surface area contributed by atoms with E-state index in [1.54, 1.807) is 44.4 Å². The van der Waals surface area contributed by atoms with Gasteiger partial charge in [0.05, 0.1) is 22.3 Å². The first kappa shape index (κ1) is 35.3. The van der Waals surface area contributed by atoms with Crippen LogP contribution >= 0.6 is 46.4 Å². The topological polar surface area (TPSA) is 106 Å². The lowest BCUT2D eigenvalue weighted by Crippen LogP contribution is -2.52. The van der Waals surface area contributed by atoms with E-state index in [1.807, 2.05) is 11.0 Å². The van der Waals surface area contributed by atoms with E-state index in [0.717, 1.165) is 50.9 Å². The fraction of sp³-hybridized carbons (Fsp3) is 0.500. The van der Waals surface area contributed by atoms with Gasteiger partial charge in [0.1, 0.15) is 0 Å². The van der Waals surface area contributed by atoms with Gasteiger partial charge in [-0.2, -0.15) is 0 Å². The summed E-state index contributed by atoms with van der Waals surface area (Å²) in [5, 5.41) is 18.0. The lowest BCUT2D eigenvalue weighted by Gasteiger charge is -2.42. The molecule has 0 radical (unpaired) electrons. The zero-order valence-electron chi connectivity index (χ0n) is 25.4. The van der Waals surface area contributed by atoms with E-state index < -0.39 is 0 Å². The van der Waals surface area contributed by atoms with Gasteiger partial charge in [0, 0.05) is 73.6 Å². The highest BCUT2D eigenvalue weighted by molar-refractivity contribution is 6.42. The van der Waals surface area contributed by atoms with E-state index in [1.165, 1.54) is 4.90 Å². The highest BCUT2D eigenvalue weighted by Crippen LogP contribution is 2.31. The van der Waals surface area contributed by atoms with Crippen molar-refractivity contribution in [3.8, 4) is 0 Å². The molecule has 0 spiro atoms. The lowest BCUT2D eigenvalue weighted by atomic mass is 9.89. The van der Waals surface area contributed by atoms with Crippen molar-refractivity contribution in [1.29, 1.82) is 0 Å². The number of halogens is 4. The molecule has 0 bridgehead atoms. The maximum atomic E-state index is 13.2. The van der Waals surface area contributed by atoms with Crippen LogP contribution < -0.4 is 5.32 Å². The van der Waals surface area contributed by atoms with E-state index in [0.29, 0.717) is 44.3 Å². The molecule has 13 heteroatoms. The second-order valence-corrected chi connectivity index (χ2v) is 13.4. The average Bonchev–Trinajstić information content (AvgIpc) is 3.02. The molecule has 2 fully saturated rings. The number of rotatable bonds is 11. The molecule has 2 aliphatic rings. The normalized spacial score (nSPS) is 19.0. The van der Waals surface area contributed by atoms with Crippen LogP contribution in [-0.2, 0) is 9.59 Å².